The van der Waals surface area contributed by atoms with Crippen molar-refractivity contribution < 1.29 is 8.85 Å². The largest absolute Gasteiger partial charge is 0.497 e. The van der Waals surface area contributed by atoms with E-state index >= 15 is 0 Å². The molecule has 2 aliphatic heterocycles. The van der Waals surface area contributed by atoms with Gasteiger partial charge in [0, 0.05) is 36.0 Å². The Morgan fingerprint density at radius 1 is 1.35 bits per heavy atom. The highest BCUT2D eigenvalue weighted by Gasteiger charge is 2.15. The van der Waals surface area contributed by atoms with Gasteiger partial charge in [0.05, 0.1) is 22.4 Å². The van der Waals surface area contributed by atoms with E-state index in [0.29, 0.717) is 5.75 Å². The molecule has 2 heterocycles. The second kappa shape index (κ2) is 3.48. The van der Waals surface area contributed by atoms with E-state index < -0.39 is 7.04 Å². The van der Waals surface area contributed by atoms with Crippen LogP contribution in [0.15, 0.2) is 30.5 Å². The van der Waals surface area contributed by atoms with Crippen molar-refractivity contribution in [3.05, 3.63) is 36.2 Å². The van der Waals surface area contributed by atoms with Gasteiger partial charge in [-0.1, -0.05) is 0 Å². The molecule has 0 bridgehead atoms. The summed E-state index contributed by atoms with van der Waals surface area (Å²) in [6.07, 6.45) is 1.99. The molecule has 0 spiro atoms. The highest BCUT2D eigenvalue weighted by atomic mass is 16.5. The van der Waals surface area contributed by atoms with Crippen molar-refractivity contribution in [2.45, 2.75) is 6.92 Å². The van der Waals surface area contributed by atoms with Crippen LogP contribution >= 0.6 is 0 Å². The summed E-state index contributed by atoms with van der Waals surface area (Å²) in [4.78, 5) is 4.58. The molecule has 0 radical (unpaired) electrons. The minimum absolute atomic E-state index is 0.308. The molecule has 17 heavy (non-hydrogen) atoms. The van der Waals surface area contributed by atoms with Gasteiger partial charge in [0.1, 0.15) is 5.75 Å². The number of fused-ring (bicyclic) bond motifs is 3. The number of ether oxygens (including phenoxy) is 1. The number of pyridine rings is 1. The van der Waals surface area contributed by atoms with Gasteiger partial charge in [-0.3, -0.25) is 0 Å². The van der Waals surface area contributed by atoms with Gasteiger partial charge in [-0.05, 0) is 25.1 Å². The highest BCUT2D eigenvalue weighted by molar-refractivity contribution is 5.98. The lowest BCUT2D eigenvalue weighted by molar-refractivity contribution is 0.415. The molecule has 0 aliphatic carbocycles. The fourth-order valence-electron chi connectivity index (χ4n) is 2.11. The van der Waals surface area contributed by atoms with Gasteiger partial charge < -0.3 is 9.30 Å². The molecule has 1 aromatic carbocycles. The predicted octanol–water partition coefficient (Wildman–Crippen LogP) is 3.00. The maximum Gasteiger partial charge on any atom is 0.121 e. The van der Waals surface area contributed by atoms with Crippen LogP contribution in [-0.4, -0.2) is 16.6 Å². The number of benzene rings is 1. The van der Waals surface area contributed by atoms with E-state index in [-0.39, 0.29) is 0 Å². The maximum atomic E-state index is 7.13. The number of hydrogen-bond acceptors (Lipinski definition) is 2. The molecule has 0 fully saturated rings. The summed E-state index contributed by atoms with van der Waals surface area (Å²) in [6.45, 7) is 2.01. The summed E-state index contributed by atoms with van der Waals surface area (Å²) in [5.41, 5.74) is 3.81. The minimum Gasteiger partial charge on any atom is -0.497 e. The Labute approximate surface area is 104 Å². The SMILES string of the molecule is [2H]C([2H])([2H])Oc1ccc2c3ccn(C)c(C)c-3nc2c1. The van der Waals surface area contributed by atoms with E-state index in [4.69, 9.17) is 8.85 Å². The molecule has 0 unspecified atom stereocenters. The standard InChI is InChI=1S/C14H14N2O/c1-9-14-12(6-7-16(9)2)11-5-4-10(17-3)8-13(11)15-14/h4-8H,1-3H3/i3D3. The van der Waals surface area contributed by atoms with E-state index in [9.17, 15) is 0 Å². The van der Waals surface area contributed by atoms with Crippen LogP contribution in [0.25, 0.3) is 22.2 Å². The fourth-order valence-corrected chi connectivity index (χ4v) is 2.11. The molecule has 0 saturated carbocycles. The van der Waals surface area contributed by atoms with Crippen LogP contribution < -0.4 is 4.74 Å². The van der Waals surface area contributed by atoms with Crippen LogP contribution in [0.2, 0.25) is 0 Å². The molecular formula is C14H14N2O. The molecule has 86 valence electrons. The molecule has 3 nitrogen and oxygen atoms in total. The Bertz CT molecular complexity index is 761. The third-order valence-electron chi connectivity index (χ3n) is 3.20. The zero-order valence-corrected chi connectivity index (χ0v) is 9.69. The average Bonchev–Trinajstić information content (AvgIpc) is 2.70. The number of methoxy groups -OCH3 is 1. The molecule has 0 atom stereocenters. The highest BCUT2D eigenvalue weighted by Crippen LogP contribution is 2.34. The van der Waals surface area contributed by atoms with Gasteiger partial charge in [-0.15, -0.1) is 0 Å². The van der Waals surface area contributed by atoms with Crippen molar-refractivity contribution in [3.8, 4) is 17.0 Å². The molecule has 3 rings (SSSR count). The predicted molar refractivity (Wildman–Crippen MR) is 68.6 cm³/mol. The first-order chi connectivity index (χ1) is 9.35. The number of aryl methyl sites for hydroxylation is 1. The normalized spacial score (nSPS) is 14.6. The van der Waals surface area contributed by atoms with Gasteiger partial charge >= 0.3 is 0 Å². The number of hydrogen-bond donors (Lipinski definition) is 0. The van der Waals surface area contributed by atoms with Gasteiger partial charge in [0.25, 0.3) is 0 Å². The van der Waals surface area contributed by atoms with Crippen molar-refractivity contribution >= 4 is 10.9 Å². The second-order valence-electron chi connectivity index (χ2n) is 4.17. The fraction of sp³-hybridized carbons (Fsp3) is 0.214. The first-order valence-electron chi connectivity index (χ1n) is 6.89. The number of nitrogens with zero attached hydrogens (tertiary/aromatic N) is 2. The Morgan fingerprint density at radius 2 is 2.24 bits per heavy atom. The summed E-state index contributed by atoms with van der Waals surface area (Å²) in [5.74, 6) is 0.308. The van der Waals surface area contributed by atoms with Gasteiger partial charge in [-0.25, -0.2) is 4.98 Å². The Kier molecular flexibility index (Phi) is 1.50. The first kappa shape index (κ1) is 7.33. The summed E-state index contributed by atoms with van der Waals surface area (Å²) in [5, 5.41) is 1.00. The van der Waals surface area contributed by atoms with Gasteiger partial charge in [0.15, 0.2) is 0 Å². The molecular weight excluding hydrogens is 212 g/mol. The average molecular weight is 229 g/mol. The van der Waals surface area contributed by atoms with Crippen LogP contribution in [0.5, 0.6) is 5.75 Å². The van der Waals surface area contributed by atoms with E-state index in [1.54, 1.807) is 12.1 Å². The van der Waals surface area contributed by atoms with E-state index in [0.717, 1.165) is 27.9 Å². The number of aromatic nitrogens is 2. The van der Waals surface area contributed by atoms with Crippen molar-refractivity contribution in [3.63, 3.8) is 0 Å². The summed E-state index contributed by atoms with van der Waals surface area (Å²) >= 11 is 0. The van der Waals surface area contributed by atoms with Crippen molar-refractivity contribution in [2.24, 2.45) is 7.05 Å². The van der Waals surface area contributed by atoms with E-state index in [1.807, 2.05) is 36.9 Å². The zero-order valence-electron chi connectivity index (χ0n) is 12.7. The Hall–Kier alpha value is -2.03. The molecule has 3 heteroatoms. The lowest BCUT2D eigenvalue weighted by Gasteiger charge is -2.08. The molecule has 0 N–H and O–H groups in total. The molecule has 1 aromatic rings. The molecule has 2 aliphatic rings. The number of rotatable bonds is 1. The maximum absolute atomic E-state index is 7.13. The van der Waals surface area contributed by atoms with Crippen LogP contribution in [0.3, 0.4) is 0 Å². The van der Waals surface area contributed by atoms with E-state index in [2.05, 4.69) is 4.98 Å². The van der Waals surface area contributed by atoms with Crippen molar-refractivity contribution in [1.82, 2.24) is 9.55 Å². The Morgan fingerprint density at radius 3 is 3.06 bits per heavy atom. The quantitative estimate of drug-likeness (QED) is 0.641. The summed E-state index contributed by atoms with van der Waals surface area (Å²) < 4.78 is 28.3. The third-order valence-corrected chi connectivity index (χ3v) is 3.20. The van der Waals surface area contributed by atoms with Crippen LogP contribution in [0.4, 0.5) is 0 Å². The molecule has 0 saturated heterocycles. The van der Waals surface area contributed by atoms with Crippen LogP contribution in [0, 0.1) is 6.92 Å². The third kappa shape index (κ3) is 1.39. The second-order valence-corrected chi connectivity index (χ2v) is 4.17. The van der Waals surface area contributed by atoms with Gasteiger partial charge in [0.2, 0.25) is 0 Å². The lowest BCUT2D eigenvalue weighted by Crippen LogP contribution is -1.98. The lowest BCUT2D eigenvalue weighted by atomic mass is 10.1. The van der Waals surface area contributed by atoms with E-state index in [1.165, 1.54) is 0 Å². The topological polar surface area (TPSA) is 27.1 Å². The van der Waals surface area contributed by atoms with Crippen LogP contribution in [-0.2, 0) is 7.05 Å². The van der Waals surface area contributed by atoms with Gasteiger partial charge in [-0.2, -0.15) is 0 Å². The van der Waals surface area contributed by atoms with Crippen molar-refractivity contribution in [1.29, 1.82) is 0 Å². The smallest absolute Gasteiger partial charge is 0.121 e. The minimum atomic E-state index is -2.44. The van der Waals surface area contributed by atoms with Crippen molar-refractivity contribution in [2.75, 3.05) is 7.04 Å². The monoisotopic (exact) mass is 229 g/mol. The first-order valence-corrected chi connectivity index (χ1v) is 5.39. The zero-order chi connectivity index (χ0) is 14.5. The Balaban J connectivity index is 2.18. The summed E-state index contributed by atoms with van der Waals surface area (Å²) in [6, 6.07) is 7.20. The summed E-state index contributed by atoms with van der Waals surface area (Å²) in [7, 11) is -0.473. The molecule has 0 aromatic heterocycles. The molecule has 0 amide bonds. The van der Waals surface area contributed by atoms with Crippen LogP contribution in [0.1, 0.15) is 9.81 Å².